The van der Waals surface area contributed by atoms with E-state index in [1.54, 1.807) is 29.2 Å². The Morgan fingerprint density at radius 1 is 1.03 bits per heavy atom. The second-order valence-corrected chi connectivity index (χ2v) is 13.2. The number of alkyl halides is 2. The number of nitrogens with zero attached hydrogens (tertiary/aromatic N) is 2. The number of amides is 3. The van der Waals surface area contributed by atoms with E-state index >= 15 is 0 Å². The van der Waals surface area contributed by atoms with E-state index in [0.29, 0.717) is 31.0 Å². The van der Waals surface area contributed by atoms with Gasteiger partial charge in [0, 0.05) is 30.0 Å². The minimum absolute atomic E-state index is 0.162. The lowest BCUT2D eigenvalue weighted by Crippen LogP contribution is -2.52. The lowest BCUT2D eigenvalue weighted by Gasteiger charge is -2.32. The fraction of sp³-hybridized carbons (Fsp3) is 0.444. The first-order valence-electron chi connectivity index (χ1n) is 12.6. The van der Waals surface area contributed by atoms with Crippen LogP contribution >= 0.6 is 0 Å². The molecule has 3 aliphatic rings. The minimum atomic E-state index is -3.65. The predicted octanol–water partition coefficient (Wildman–Crippen LogP) is 3.06. The maximum Gasteiger partial charge on any atom is 0.294 e. The number of likely N-dealkylation sites (tertiary alicyclic amines) is 1. The molecule has 2 saturated heterocycles. The number of imide groups is 1. The third-order valence-corrected chi connectivity index (χ3v) is 9.90. The zero-order valence-corrected chi connectivity index (χ0v) is 21.6. The van der Waals surface area contributed by atoms with Gasteiger partial charge in [-0.1, -0.05) is 24.3 Å². The molecule has 1 N–H and O–H groups in total. The fourth-order valence-corrected chi connectivity index (χ4v) is 6.51. The normalized spacial score (nSPS) is 21.9. The van der Waals surface area contributed by atoms with E-state index in [-0.39, 0.29) is 23.1 Å². The van der Waals surface area contributed by atoms with E-state index in [1.165, 1.54) is 5.56 Å². The molecule has 1 unspecified atom stereocenters. The fourth-order valence-electron chi connectivity index (χ4n) is 5.54. The smallest absolute Gasteiger partial charge is 0.294 e. The first kappa shape index (κ1) is 25.7. The minimum Gasteiger partial charge on any atom is -0.322 e. The van der Waals surface area contributed by atoms with Gasteiger partial charge in [0.2, 0.25) is 11.8 Å². The van der Waals surface area contributed by atoms with E-state index in [0.717, 1.165) is 43.3 Å². The van der Waals surface area contributed by atoms with E-state index in [9.17, 15) is 27.4 Å². The number of nitrogens with one attached hydrogen (secondary N) is 1. The van der Waals surface area contributed by atoms with Crippen LogP contribution < -0.4 is 5.32 Å². The van der Waals surface area contributed by atoms with Crippen LogP contribution in [0.2, 0.25) is 0 Å². The van der Waals surface area contributed by atoms with Crippen LogP contribution in [-0.4, -0.2) is 62.9 Å². The summed E-state index contributed by atoms with van der Waals surface area (Å²) >= 11 is 0. The Kier molecular flexibility index (Phi) is 6.97. The third-order valence-electron chi connectivity index (χ3n) is 7.83. The third kappa shape index (κ3) is 5.09. The average molecular weight is 532 g/mol. The molecule has 2 aromatic rings. The van der Waals surface area contributed by atoms with Crippen molar-refractivity contribution < 1.29 is 27.4 Å². The van der Waals surface area contributed by atoms with Crippen molar-refractivity contribution in [3.8, 4) is 0 Å². The molecule has 0 bridgehead atoms. The molecule has 10 heteroatoms. The van der Waals surface area contributed by atoms with Crippen molar-refractivity contribution in [2.45, 2.75) is 61.4 Å². The van der Waals surface area contributed by atoms with Crippen molar-refractivity contribution in [1.29, 1.82) is 0 Å². The Labute approximate surface area is 215 Å². The molecule has 2 aromatic carbocycles. The molecular weight excluding hydrogens is 500 g/mol. The maximum absolute atomic E-state index is 13.1. The first-order chi connectivity index (χ1) is 17.6. The second kappa shape index (κ2) is 10.1. The van der Waals surface area contributed by atoms with Gasteiger partial charge in [0.05, 0.1) is 0 Å². The molecule has 3 heterocycles. The Morgan fingerprint density at radius 2 is 1.73 bits per heavy atom. The summed E-state index contributed by atoms with van der Waals surface area (Å²) < 4.78 is 38.3. The summed E-state index contributed by atoms with van der Waals surface area (Å²) in [4.78, 5) is 40.8. The summed E-state index contributed by atoms with van der Waals surface area (Å²) in [6, 6.07) is 12.0. The van der Waals surface area contributed by atoms with Gasteiger partial charge in [0.25, 0.3) is 11.7 Å². The van der Waals surface area contributed by atoms with Gasteiger partial charge in [-0.25, -0.2) is 0 Å². The monoisotopic (exact) mass is 531 g/mol. The number of carbonyl (C=O) groups excluding carboxylic acids is 3. The highest BCUT2D eigenvalue weighted by molar-refractivity contribution is 8.02. The van der Waals surface area contributed by atoms with E-state index in [1.807, 2.05) is 12.1 Å². The maximum atomic E-state index is 13.1. The van der Waals surface area contributed by atoms with Gasteiger partial charge in [-0.05, 0) is 89.3 Å². The molecule has 1 atom stereocenters. The van der Waals surface area contributed by atoms with Gasteiger partial charge in [-0.15, -0.1) is 0 Å². The van der Waals surface area contributed by atoms with E-state index in [4.69, 9.17) is 0 Å². The number of fused-ring (bicyclic) bond motifs is 1. The molecule has 5 rings (SSSR count). The number of benzene rings is 2. The molecule has 3 aliphatic heterocycles. The summed E-state index contributed by atoms with van der Waals surface area (Å²) in [5, 5.41) is 2.33. The topological polar surface area (TPSA) is 86.8 Å². The molecule has 198 valence electrons. The standard InChI is InChI=1S/C27H31F2N3O4S/c1-37(36,27(28)29)21-5-2-17(3-6-21)15-31-12-10-18(11-13-31)19-4-7-22-20(14-19)16-32(26(22)35)23-8-9-24(33)30-25(23)34/h2-7,14,18,23,27,37H,8-13,15-16H2,1H3,(H,30,33,34). The Hall–Kier alpha value is -2.98. The van der Waals surface area contributed by atoms with Crippen LogP contribution in [-0.2, 0) is 32.6 Å². The van der Waals surface area contributed by atoms with Crippen LogP contribution in [0.3, 0.4) is 0 Å². The van der Waals surface area contributed by atoms with Crippen molar-refractivity contribution in [2.24, 2.45) is 0 Å². The molecule has 2 fully saturated rings. The molecule has 0 aromatic heterocycles. The summed E-state index contributed by atoms with van der Waals surface area (Å²) in [6.07, 6.45) is 3.62. The quantitative estimate of drug-likeness (QED) is 0.442. The van der Waals surface area contributed by atoms with Crippen molar-refractivity contribution in [1.82, 2.24) is 15.1 Å². The van der Waals surface area contributed by atoms with Crippen molar-refractivity contribution >= 4 is 27.7 Å². The first-order valence-corrected chi connectivity index (χ1v) is 14.8. The van der Waals surface area contributed by atoms with Gasteiger partial charge in [-0.3, -0.25) is 28.8 Å². The number of halogens is 2. The van der Waals surface area contributed by atoms with Gasteiger partial charge < -0.3 is 4.90 Å². The largest absolute Gasteiger partial charge is 0.322 e. The summed E-state index contributed by atoms with van der Waals surface area (Å²) in [7, 11) is -3.65. The van der Waals surface area contributed by atoms with E-state index in [2.05, 4.69) is 16.3 Å². The van der Waals surface area contributed by atoms with Crippen molar-refractivity contribution in [3.05, 3.63) is 64.7 Å². The number of hydrogen-bond donors (Lipinski definition) is 2. The number of thiol groups is 1. The number of hydrogen-bond acceptors (Lipinski definition) is 5. The average Bonchev–Trinajstić information content (AvgIpc) is 3.20. The van der Waals surface area contributed by atoms with Crippen LogP contribution in [0.25, 0.3) is 0 Å². The molecule has 3 amide bonds. The lowest BCUT2D eigenvalue weighted by atomic mass is 9.87. The predicted molar refractivity (Wildman–Crippen MR) is 136 cm³/mol. The van der Waals surface area contributed by atoms with Crippen LogP contribution in [0, 0.1) is 0 Å². The molecule has 0 radical (unpaired) electrons. The zero-order chi connectivity index (χ0) is 26.3. The number of piperidine rings is 2. The van der Waals surface area contributed by atoms with Crippen LogP contribution in [0.15, 0.2) is 47.4 Å². The highest BCUT2D eigenvalue weighted by atomic mass is 32.2. The van der Waals surface area contributed by atoms with Gasteiger partial charge in [0.1, 0.15) is 6.04 Å². The Morgan fingerprint density at radius 3 is 2.38 bits per heavy atom. The number of rotatable bonds is 6. The Bertz CT molecular complexity index is 1270. The van der Waals surface area contributed by atoms with E-state index < -0.39 is 27.6 Å². The van der Waals surface area contributed by atoms with Crippen LogP contribution in [0.5, 0.6) is 0 Å². The van der Waals surface area contributed by atoms with Gasteiger partial charge >= 0.3 is 0 Å². The van der Waals surface area contributed by atoms with Crippen LogP contribution in [0.1, 0.15) is 58.6 Å². The van der Waals surface area contributed by atoms with Crippen molar-refractivity contribution in [3.63, 3.8) is 0 Å². The highest BCUT2D eigenvalue weighted by Crippen LogP contribution is 2.34. The lowest BCUT2D eigenvalue weighted by molar-refractivity contribution is -0.136. The molecule has 0 spiro atoms. The SMILES string of the molecule is C[SH](=O)(c1ccc(CN2CCC(c3ccc4c(c3)CN(C3CCC(=O)NC3=O)C4=O)CC2)cc1)C(F)F. The Balaban J connectivity index is 1.18. The number of carbonyl (C=O) groups is 3. The van der Waals surface area contributed by atoms with Crippen molar-refractivity contribution in [2.75, 3.05) is 19.3 Å². The summed E-state index contributed by atoms with van der Waals surface area (Å²) in [5.74, 6) is -3.35. The molecule has 37 heavy (non-hydrogen) atoms. The molecular formula is C27H31F2N3O4S. The second-order valence-electron chi connectivity index (χ2n) is 10.3. The van der Waals surface area contributed by atoms with Gasteiger partial charge in [-0.2, -0.15) is 8.78 Å². The molecule has 7 nitrogen and oxygen atoms in total. The molecule has 0 aliphatic carbocycles. The highest BCUT2D eigenvalue weighted by Gasteiger charge is 2.39. The molecule has 0 saturated carbocycles. The zero-order valence-electron chi connectivity index (χ0n) is 20.7. The van der Waals surface area contributed by atoms with Gasteiger partial charge in [0.15, 0.2) is 0 Å². The van der Waals surface area contributed by atoms with Crippen LogP contribution in [0.4, 0.5) is 8.78 Å². The summed E-state index contributed by atoms with van der Waals surface area (Å²) in [6.45, 7) is 2.84. The summed E-state index contributed by atoms with van der Waals surface area (Å²) in [5.41, 5.74) is 3.73.